The van der Waals surface area contributed by atoms with Crippen molar-refractivity contribution < 1.29 is 17.9 Å². The van der Waals surface area contributed by atoms with E-state index in [1.165, 1.54) is 12.1 Å². The number of rotatable bonds is 4. The van der Waals surface area contributed by atoms with Crippen molar-refractivity contribution in [3.63, 3.8) is 0 Å². The predicted octanol–water partition coefficient (Wildman–Crippen LogP) is 3.17. The van der Waals surface area contributed by atoms with Gasteiger partial charge in [0, 0.05) is 17.5 Å². The average Bonchev–Trinajstić information content (AvgIpc) is 3.32. The van der Waals surface area contributed by atoms with Gasteiger partial charge in [-0.1, -0.05) is 35.9 Å². The summed E-state index contributed by atoms with van der Waals surface area (Å²) in [5.74, 6) is -1.14. The van der Waals surface area contributed by atoms with E-state index in [2.05, 4.69) is 5.32 Å². The molecule has 1 saturated heterocycles. The fraction of sp³-hybridized carbons (Fsp3) is 0.381. The van der Waals surface area contributed by atoms with E-state index >= 15 is 0 Å². The van der Waals surface area contributed by atoms with Gasteiger partial charge in [0.1, 0.15) is 0 Å². The van der Waals surface area contributed by atoms with Crippen LogP contribution in [-0.4, -0.2) is 36.7 Å². The SMILES string of the molecule is Cc1ccc(NC(=O)[C@]2(S(=O)(=O)c3ccccc3)[C@@H](Cl)[C@@H]3C[C@H]2[C@H]2O[C@H]32)cc1. The van der Waals surface area contributed by atoms with Gasteiger partial charge in [0.25, 0.3) is 0 Å². The minimum atomic E-state index is -4.04. The number of sulfone groups is 1. The molecule has 2 aromatic carbocycles. The number of amides is 1. The van der Waals surface area contributed by atoms with Crippen LogP contribution >= 0.6 is 11.6 Å². The van der Waals surface area contributed by atoms with Gasteiger partial charge in [-0.25, -0.2) is 8.42 Å². The number of epoxide rings is 1. The molecular formula is C21H20ClNO4S. The Morgan fingerprint density at radius 2 is 1.79 bits per heavy atom. The van der Waals surface area contributed by atoms with Crippen LogP contribution in [0.2, 0.25) is 0 Å². The first-order valence-corrected chi connectivity index (χ1v) is 11.3. The van der Waals surface area contributed by atoms with Gasteiger partial charge in [0.05, 0.1) is 22.5 Å². The normalized spacial score (nSPS) is 35.4. The number of ether oxygens (including phenoxy) is 1. The lowest BCUT2D eigenvalue weighted by atomic mass is 9.86. The van der Waals surface area contributed by atoms with Gasteiger partial charge >= 0.3 is 0 Å². The van der Waals surface area contributed by atoms with Crippen molar-refractivity contribution in [2.75, 3.05) is 5.32 Å². The Bertz CT molecular complexity index is 1040. The third-order valence-electron chi connectivity index (χ3n) is 6.41. The van der Waals surface area contributed by atoms with Crippen LogP contribution in [0.25, 0.3) is 0 Å². The molecule has 2 aliphatic carbocycles. The summed E-state index contributed by atoms with van der Waals surface area (Å²) in [6, 6.07) is 15.4. The summed E-state index contributed by atoms with van der Waals surface area (Å²) in [6.45, 7) is 1.95. The standard InChI is InChI=1S/C21H20ClNO4S/c1-12-7-9-13(10-8-12)23-20(24)21(28(25,26)14-5-3-2-4-6-14)16-11-15(19(21)22)17-18(16)27-17/h2-10,15-19H,11H2,1H3,(H,23,24)/t15-,16+,17-,18-,19+,21-/m1/s1. The number of nitrogens with one attached hydrogen (secondary N) is 1. The van der Waals surface area contributed by atoms with E-state index in [1.54, 1.807) is 30.3 Å². The van der Waals surface area contributed by atoms with E-state index in [4.69, 9.17) is 16.3 Å². The van der Waals surface area contributed by atoms with Gasteiger partial charge < -0.3 is 10.1 Å². The summed E-state index contributed by atoms with van der Waals surface area (Å²) in [4.78, 5) is 13.7. The number of hydrogen-bond donors (Lipinski definition) is 1. The third kappa shape index (κ3) is 2.28. The molecule has 28 heavy (non-hydrogen) atoms. The van der Waals surface area contributed by atoms with Crippen LogP contribution in [0.15, 0.2) is 59.5 Å². The lowest BCUT2D eigenvalue weighted by molar-refractivity contribution is -0.119. The van der Waals surface area contributed by atoms with Gasteiger partial charge in [-0.15, -0.1) is 11.6 Å². The molecular weight excluding hydrogens is 398 g/mol. The van der Waals surface area contributed by atoms with Crippen molar-refractivity contribution >= 4 is 33.0 Å². The fourth-order valence-electron chi connectivity index (χ4n) is 5.02. The maximum atomic E-state index is 13.8. The number of aryl methyl sites for hydroxylation is 1. The minimum Gasteiger partial charge on any atom is -0.369 e. The molecule has 6 atom stereocenters. The van der Waals surface area contributed by atoms with Gasteiger partial charge in [-0.2, -0.15) is 0 Å². The van der Waals surface area contributed by atoms with E-state index in [1.807, 2.05) is 19.1 Å². The number of halogens is 1. The molecule has 5 rings (SSSR count). The summed E-state index contributed by atoms with van der Waals surface area (Å²) in [6.07, 6.45) is 0.373. The highest BCUT2D eigenvalue weighted by Crippen LogP contribution is 2.65. The number of benzene rings is 2. The molecule has 1 heterocycles. The Hall–Kier alpha value is -1.89. The molecule has 2 bridgehead atoms. The molecule has 0 radical (unpaired) electrons. The first-order valence-electron chi connectivity index (χ1n) is 9.34. The van der Waals surface area contributed by atoms with Crippen LogP contribution in [-0.2, 0) is 19.4 Å². The molecule has 5 nitrogen and oxygen atoms in total. The van der Waals surface area contributed by atoms with Crippen LogP contribution in [0.4, 0.5) is 5.69 Å². The smallest absolute Gasteiger partial charge is 0.248 e. The molecule has 2 saturated carbocycles. The maximum Gasteiger partial charge on any atom is 0.248 e. The highest BCUT2D eigenvalue weighted by molar-refractivity contribution is 7.93. The molecule has 7 heteroatoms. The van der Waals surface area contributed by atoms with Crippen molar-refractivity contribution in [2.24, 2.45) is 11.8 Å². The van der Waals surface area contributed by atoms with E-state index in [-0.39, 0.29) is 23.0 Å². The Morgan fingerprint density at radius 3 is 2.43 bits per heavy atom. The molecule has 2 aromatic rings. The quantitative estimate of drug-likeness (QED) is 0.612. The molecule has 0 unspecified atom stereocenters. The Morgan fingerprint density at radius 1 is 1.11 bits per heavy atom. The molecule has 3 aliphatic rings. The van der Waals surface area contributed by atoms with Crippen molar-refractivity contribution in [1.29, 1.82) is 0 Å². The second kappa shape index (κ2) is 6.05. The van der Waals surface area contributed by atoms with Crippen LogP contribution in [0.1, 0.15) is 12.0 Å². The lowest BCUT2D eigenvalue weighted by Gasteiger charge is -2.37. The van der Waals surface area contributed by atoms with Gasteiger partial charge in [0.15, 0.2) is 14.6 Å². The molecule has 1 aliphatic heterocycles. The van der Waals surface area contributed by atoms with E-state index in [0.29, 0.717) is 12.1 Å². The molecule has 0 aromatic heterocycles. The van der Waals surface area contributed by atoms with Crippen molar-refractivity contribution in [3.05, 3.63) is 60.2 Å². The Kier molecular flexibility index (Phi) is 3.92. The molecule has 146 valence electrons. The zero-order valence-electron chi connectivity index (χ0n) is 15.2. The molecule has 1 amide bonds. The van der Waals surface area contributed by atoms with Crippen LogP contribution in [0, 0.1) is 18.8 Å². The minimum absolute atomic E-state index is 0.0150. The third-order valence-corrected chi connectivity index (χ3v) is 9.73. The number of alkyl halides is 1. The maximum absolute atomic E-state index is 13.8. The second-order valence-electron chi connectivity index (χ2n) is 7.90. The van der Waals surface area contributed by atoms with Gasteiger partial charge in [0.2, 0.25) is 5.91 Å². The Labute approximate surface area is 169 Å². The highest BCUT2D eigenvalue weighted by atomic mass is 35.5. The predicted molar refractivity (Wildman–Crippen MR) is 106 cm³/mol. The van der Waals surface area contributed by atoms with Crippen molar-refractivity contribution in [2.45, 2.75) is 40.6 Å². The van der Waals surface area contributed by atoms with E-state index in [9.17, 15) is 13.2 Å². The number of anilines is 1. The van der Waals surface area contributed by atoms with E-state index < -0.39 is 31.8 Å². The zero-order valence-corrected chi connectivity index (χ0v) is 16.8. The van der Waals surface area contributed by atoms with E-state index in [0.717, 1.165) is 5.56 Å². The van der Waals surface area contributed by atoms with Crippen LogP contribution in [0.3, 0.4) is 0 Å². The number of fused-ring (bicyclic) bond motifs is 5. The fourth-order valence-corrected chi connectivity index (χ4v) is 8.18. The van der Waals surface area contributed by atoms with Crippen LogP contribution < -0.4 is 5.32 Å². The summed E-state index contributed by atoms with van der Waals surface area (Å²) in [5.41, 5.74) is 1.60. The summed E-state index contributed by atoms with van der Waals surface area (Å²) < 4.78 is 31.5. The first-order chi connectivity index (χ1) is 13.4. The molecule has 0 spiro atoms. The molecule has 3 fully saturated rings. The second-order valence-corrected chi connectivity index (χ2v) is 10.5. The number of carbonyl (C=O) groups is 1. The number of hydrogen-bond acceptors (Lipinski definition) is 4. The highest BCUT2D eigenvalue weighted by Gasteiger charge is 2.79. The largest absolute Gasteiger partial charge is 0.369 e. The molecule has 1 N–H and O–H groups in total. The zero-order chi connectivity index (χ0) is 19.7. The van der Waals surface area contributed by atoms with Crippen LogP contribution in [0.5, 0.6) is 0 Å². The Balaban J connectivity index is 1.62. The van der Waals surface area contributed by atoms with Crippen molar-refractivity contribution in [3.8, 4) is 0 Å². The summed E-state index contributed by atoms with van der Waals surface area (Å²) in [7, 11) is -4.04. The monoisotopic (exact) mass is 417 g/mol. The lowest BCUT2D eigenvalue weighted by Crippen LogP contribution is -2.61. The van der Waals surface area contributed by atoms with Crippen molar-refractivity contribution in [1.82, 2.24) is 0 Å². The number of carbonyl (C=O) groups excluding carboxylic acids is 1. The summed E-state index contributed by atoms with van der Waals surface area (Å²) in [5, 5.41) is 1.99. The van der Waals surface area contributed by atoms with Gasteiger partial charge in [-0.3, -0.25) is 4.79 Å². The average molecular weight is 418 g/mol. The topological polar surface area (TPSA) is 75.8 Å². The first kappa shape index (κ1) is 18.2. The van der Waals surface area contributed by atoms with Gasteiger partial charge in [-0.05, 0) is 37.6 Å². The summed E-state index contributed by atoms with van der Waals surface area (Å²) >= 11 is 6.75.